The Kier molecular flexibility index (Phi) is 3.45. The molecular formula is C15H17NO. The van der Waals surface area contributed by atoms with E-state index < -0.39 is 0 Å². The van der Waals surface area contributed by atoms with Crippen molar-refractivity contribution in [2.75, 3.05) is 0 Å². The Morgan fingerprint density at radius 2 is 1.76 bits per heavy atom. The summed E-state index contributed by atoms with van der Waals surface area (Å²) in [7, 11) is 0. The number of ether oxygens (including phenoxy) is 1. The van der Waals surface area contributed by atoms with E-state index >= 15 is 0 Å². The standard InChI is InChI=1S/C15H17NO/c1-11-10-13(12(2)16)8-9-15(11)17-14-6-4-3-5-7-14/h3-10,12H,16H2,1-2H3. The van der Waals surface area contributed by atoms with Crippen molar-refractivity contribution in [3.05, 3.63) is 59.7 Å². The molecule has 2 aromatic rings. The average Bonchev–Trinajstić information content (AvgIpc) is 2.33. The van der Waals surface area contributed by atoms with Gasteiger partial charge in [-0.05, 0) is 43.2 Å². The molecule has 17 heavy (non-hydrogen) atoms. The summed E-state index contributed by atoms with van der Waals surface area (Å²) in [6.45, 7) is 4.01. The van der Waals surface area contributed by atoms with Crippen molar-refractivity contribution in [1.29, 1.82) is 0 Å². The van der Waals surface area contributed by atoms with Crippen molar-refractivity contribution in [2.45, 2.75) is 19.9 Å². The molecule has 0 radical (unpaired) electrons. The van der Waals surface area contributed by atoms with Gasteiger partial charge in [-0.1, -0.05) is 30.3 Å². The largest absolute Gasteiger partial charge is 0.457 e. The first kappa shape index (κ1) is 11.7. The smallest absolute Gasteiger partial charge is 0.130 e. The molecule has 2 rings (SSSR count). The first-order chi connectivity index (χ1) is 8.16. The topological polar surface area (TPSA) is 35.2 Å². The van der Waals surface area contributed by atoms with Gasteiger partial charge in [0.05, 0.1) is 0 Å². The van der Waals surface area contributed by atoms with E-state index in [0.29, 0.717) is 0 Å². The van der Waals surface area contributed by atoms with Crippen molar-refractivity contribution in [3.63, 3.8) is 0 Å². The second kappa shape index (κ2) is 5.02. The Balaban J connectivity index is 2.23. The molecule has 0 amide bonds. The minimum absolute atomic E-state index is 0.0551. The third-order valence-corrected chi connectivity index (χ3v) is 2.70. The van der Waals surface area contributed by atoms with Crippen LogP contribution in [0.2, 0.25) is 0 Å². The van der Waals surface area contributed by atoms with E-state index in [0.717, 1.165) is 22.6 Å². The molecule has 1 unspecified atom stereocenters. The molecular weight excluding hydrogens is 210 g/mol. The molecule has 2 aromatic carbocycles. The zero-order valence-electron chi connectivity index (χ0n) is 10.2. The molecule has 0 aromatic heterocycles. The van der Waals surface area contributed by atoms with Gasteiger partial charge in [0.25, 0.3) is 0 Å². The predicted octanol–water partition coefficient (Wildman–Crippen LogP) is 3.81. The molecule has 0 heterocycles. The van der Waals surface area contributed by atoms with Gasteiger partial charge in [0.1, 0.15) is 11.5 Å². The summed E-state index contributed by atoms with van der Waals surface area (Å²) in [6.07, 6.45) is 0. The van der Waals surface area contributed by atoms with Crippen molar-refractivity contribution in [2.24, 2.45) is 5.73 Å². The van der Waals surface area contributed by atoms with Crippen LogP contribution < -0.4 is 10.5 Å². The van der Waals surface area contributed by atoms with Gasteiger partial charge in [-0.2, -0.15) is 0 Å². The number of aryl methyl sites for hydroxylation is 1. The van der Waals surface area contributed by atoms with Crippen LogP contribution in [0.3, 0.4) is 0 Å². The molecule has 2 heteroatoms. The van der Waals surface area contributed by atoms with Gasteiger partial charge in [-0.3, -0.25) is 0 Å². The lowest BCUT2D eigenvalue weighted by Gasteiger charge is -2.11. The normalized spacial score (nSPS) is 12.2. The lowest BCUT2D eigenvalue weighted by Crippen LogP contribution is -2.05. The molecule has 0 fully saturated rings. The van der Waals surface area contributed by atoms with Crippen LogP contribution in [0.15, 0.2) is 48.5 Å². The molecule has 88 valence electrons. The molecule has 0 saturated carbocycles. The Morgan fingerprint density at radius 1 is 1.06 bits per heavy atom. The van der Waals surface area contributed by atoms with E-state index in [9.17, 15) is 0 Å². The summed E-state index contributed by atoms with van der Waals surface area (Å²) in [5, 5.41) is 0. The Bertz CT molecular complexity index is 492. The van der Waals surface area contributed by atoms with Crippen LogP contribution in [-0.4, -0.2) is 0 Å². The number of hydrogen-bond acceptors (Lipinski definition) is 2. The van der Waals surface area contributed by atoms with Crippen LogP contribution in [0.5, 0.6) is 11.5 Å². The fourth-order valence-electron chi connectivity index (χ4n) is 1.69. The van der Waals surface area contributed by atoms with Crippen molar-refractivity contribution < 1.29 is 4.74 Å². The number of rotatable bonds is 3. The van der Waals surface area contributed by atoms with Crippen molar-refractivity contribution in [3.8, 4) is 11.5 Å². The summed E-state index contributed by atoms with van der Waals surface area (Å²) in [4.78, 5) is 0. The lowest BCUT2D eigenvalue weighted by molar-refractivity contribution is 0.478. The van der Waals surface area contributed by atoms with Gasteiger partial charge in [-0.25, -0.2) is 0 Å². The van der Waals surface area contributed by atoms with Crippen LogP contribution in [-0.2, 0) is 0 Å². The van der Waals surface area contributed by atoms with Crippen molar-refractivity contribution >= 4 is 0 Å². The average molecular weight is 227 g/mol. The van der Waals surface area contributed by atoms with Gasteiger partial charge in [0.15, 0.2) is 0 Å². The van der Waals surface area contributed by atoms with Gasteiger partial charge < -0.3 is 10.5 Å². The number of hydrogen-bond donors (Lipinski definition) is 1. The highest BCUT2D eigenvalue weighted by Gasteiger charge is 2.05. The molecule has 0 aliphatic heterocycles. The van der Waals surface area contributed by atoms with E-state index in [-0.39, 0.29) is 6.04 Å². The maximum absolute atomic E-state index is 5.84. The second-order valence-corrected chi connectivity index (χ2v) is 4.23. The van der Waals surface area contributed by atoms with Crippen LogP contribution in [0, 0.1) is 6.92 Å². The van der Waals surface area contributed by atoms with Gasteiger partial charge >= 0.3 is 0 Å². The summed E-state index contributed by atoms with van der Waals surface area (Å²) >= 11 is 0. The molecule has 0 aliphatic rings. The SMILES string of the molecule is Cc1cc(C(C)N)ccc1Oc1ccccc1. The Hall–Kier alpha value is -1.80. The second-order valence-electron chi connectivity index (χ2n) is 4.23. The number of benzene rings is 2. The molecule has 0 aliphatic carbocycles. The lowest BCUT2D eigenvalue weighted by atomic mass is 10.1. The Morgan fingerprint density at radius 3 is 2.35 bits per heavy atom. The molecule has 2 N–H and O–H groups in total. The highest BCUT2D eigenvalue weighted by Crippen LogP contribution is 2.26. The third kappa shape index (κ3) is 2.86. The summed E-state index contributed by atoms with van der Waals surface area (Å²) in [5.41, 5.74) is 8.07. The molecule has 2 nitrogen and oxygen atoms in total. The Labute approximate surface area is 102 Å². The van der Waals surface area contributed by atoms with E-state index in [4.69, 9.17) is 10.5 Å². The molecule has 0 bridgehead atoms. The fraction of sp³-hybridized carbons (Fsp3) is 0.200. The van der Waals surface area contributed by atoms with Gasteiger partial charge in [0.2, 0.25) is 0 Å². The summed E-state index contributed by atoms with van der Waals surface area (Å²) < 4.78 is 5.80. The van der Waals surface area contributed by atoms with E-state index in [2.05, 4.69) is 6.07 Å². The minimum Gasteiger partial charge on any atom is -0.457 e. The zero-order chi connectivity index (χ0) is 12.3. The quantitative estimate of drug-likeness (QED) is 0.865. The fourth-order valence-corrected chi connectivity index (χ4v) is 1.69. The van der Waals surface area contributed by atoms with Crippen LogP contribution in [0.4, 0.5) is 0 Å². The van der Waals surface area contributed by atoms with Gasteiger partial charge in [0, 0.05) is 6.04 Å². The van der Waals surface area contributed by atoms with Crippen LogP contribution >= 0.6 is 0 Å². The maximum Gasteiger partial charge on any atom is 0.130 e. The summed E-state index contributed by atoms with van der Waals surface area (Å²) in [6, 6.07) is 15.9. The first-order valence-corrected chi connectivity index (χ1v) is 5.76. The number of para-hydroxylation sites is 1. The third-order valence-electron chi connectivity index (χ3n) is 2.70. The maximum atomic E-state index is 5.84. The highest BCUT2D eigenvalue weighted by atomic mass is 16.5. The summed E-state index contributed by atoms with van der Waals surface area (Å²) in [5.74, 6) is 1.73. The zero-order valence-corrected chi connectivity index (χ0v) is 10.2. The van der Waals surface area contributed by atoms with Crippen molar-refractivity contribution in [1.82, 2.24) is 0 Å². The molecule has 0 spiro atoms. The molecule has 1 atom stereocenters. The predicted molar refractivity (Wildman–Crippen MR) is 70.3 cm³/mol. The van der Waals surface area contributed by atoms with E-state index in [1.165, 1.54) is 0 Å². The number of nitrogens with two attached hydrogens (primary N) is 1. The van der Waals surface area contributed by atoms with Gasteiger partial charge in [-0.15, -0.1) is 0 Å². The first-order valence-electron chi connectivity index (χ1n) is 5.76. The van der Waals surface area contributed by atoms with Crippen LogP contribution in [0.25, 0.3) is 0 Å². The van der Waals surface area contributed by atoms with E-state index in [1.54, 1.807) is 0 Å². The van der Waals surface area contributed by atoms with E-state index in [1.807, 2.05) is 56.3 Å². The monoisotopic (exact) mass is 227 g/mol. The molecule has 0 saturated heterocycles. The van der Waals surface area contributed by atoms with Crippen LogP contribution in [0.1, 0.15) is 24.1 Å². The minimum atomic E-state index is 0.0551. The highest BCUT2D eigenvalue weighted by molar-refractivity contribution is 5.40.